The molecular weight excluding hydrogens is 166 g/mol. The molecule has 72 valence electrons. The van der Waals surface area contributed by atoms with Gasteiger partial charge in [0.25, 0.3) is 0 Å². The van der Waals surface area contributed by atoms with Crippen LogP contribution in [0.25, 0.3) is 0 Å². The molecule has 0 spiro atoms. The van der Waals surface area contributed by atoms with Crippen LogP contribution in [0.5, 0.6) is 0 Å². The summed E-state index contributed by atoms with van der Waals surface area (Å²) in [5.74, 6) is 0.908. The molecule has 0 saturated carbocycles. The van der Waals surface area contributed by atoms with Gasteiger partial charge in [-0.1, -0.05) is 0 Å². The van der Waals surface area contributed by atoms with E-state index in [4.69, 9.17) is 0 Å². The van der Waals surface area contributed by atoms with E-state index in [0.29, 0.717) is 6.04 Å². The van der Waals surface area contributed by atoms with E-state index in [0.717, 1.165) is 25.5 Å². The lowest BCUT2D eigenvalue weighted by Gasteiger charge is -2.23. The Hall–Kier alpha value is -0.940. The number of aromatic amines is 1. The zero-order chi connectivity index (χ0) is 8.93. The molecule has 0 amide bonds. The minimum absolute atomic E-state index is 0.582. The Morgan fingerprint density at radius 3 is 3.31 bits per heavy atom. The first-order valence-electron chi connectivity index (χ1n) is 4.73. The highest BCUT2D eigenvalue weighted by atomic mass is 15.2. The van der Waals surface area contributed by atoms with Crippen molar-refractivity contribution in [3.05, 3.63) is 12.2 Å². The topological polar surface area (TPSA) is 65.6 Å². The summed E-state index contributed by atoms with van der Waals surface area (Å²) in [5.41, 5.74) is 0. The van der Waals surface area contributed by atoms with Crippen LogP contribution in [0.4, 0.5) is 0 Å². The molecule has 2 rings (SSSR count). The molecule has 0 bridgehead atoms. The summed E-state index contributed by atoms with van der Waals surface area (Å²) in [6, 6.07) is 0.582. The van der Waals surface area contributed by atoms with Crippen LogP contribution in [0.2, 0.25) is 0 Å². The Labute approximate surface area is 77.3 Å². The van der Waals surface area contributed by atoms with Gasteiger partial charge >= 0.3 is 0 Å². The van der Waals surface area contributed by atoms with E-state index in [-0.39, 0.29) is 0 Å². The van der Waals surface area contributed by atoms with Crippen LogP contribution in [0.3, 0.4) is 0 Å². The molecule has 1 atom stereocenters. The van der Waals surface area contributed by atoms with E-state index in [1.807, 2.05) is 0 Å². The van der Waals surface area contributed by atoms with Crippen LogP contribution < -0.4 is 10.6 Å². The van der Waals surface area contributed by atoms with E-state index < -0.39 is 0 Å². The molecule has 3 N–H and O–H groups in total. The van der Waals surface area contributed by atoms with Crippen molar-refractivity contribution >= 4 is 0 Å². The summed E-state index contributed by atoms with van der Waals surface area (Å²) in [7, 11) is 0. The van der Waals surface area contributed by atoms with E-state index in [9.17, 15) is 0 Å². The van der Waals surface area contributed by atoms with Crippen molar-refractivity contribution in [2.75, 3.05) is 13.1 Å². The number of rotatable bonds is 3. The normalized spacial score (nSPS) is 23.2. The van der Waals surface area contributed by atoms with E-state index >= 15 is 0 Å². The Balaban J connectivity index is 1.72. The van der Waals surface area contributed by atoms with Crippen LogP contribution >= 0.6 is 0 Å². The third-order valence-electron chi connectivity index (χ3n) is 2.32. The first-order valence-corrected chi connectivity index (χ1v) is 4.73. The molecule has 1 aliphatic heterocycles. The summed E-state index contributed by atoms with van der Waals surface area (Å²) < 4.78 is 0. The second-order valence-electron chi connectivity index (χ2n) is 3.36. The van der Waals surface area contributed by atoms with Gasteiger partial charge in [-0.25, -0.2) is 4.98 Å². The largest absolute Gasteiger partial charge is 0.315 e. The number of aromatic nitrogens is 3. The van der Waals surface area contributed by atoms with Crippen molar-refractivity contribution in [2.45, 2.75) is 25.4 Å². The van der Waals surface area contributed by atoms with Crippen LogP contribution in [-0.4, -0.2) is 34.3 Å². The molecule has 1 aromatic rings. The Morgan fingerprint density at radius 1 is 1.62 bits per heavy atom. The second-order valence-corrected chi connectivity index (χ2v) is 3.36. The van der Waals surface area contributed by atoms with Gasteiger partial charge in [-0.2, -0.15) is 5.10 Å². The molecule has 1 aromatic heterocycles. The molecule has 13 heavy (non-hydrogen) atoms. The van der Waals surface area contributed by atoms with E-state index in [1.165, 1.54) is 19.2 Å². The van der Waals surface area contributed by atoms with Crippen LogP contribution in [0, 0.1) is 0 Å². The number of H-pyrrole nitrogens is 1. The quantitative estimate of drug-likeness (QED) is 0.596. The standard InChI is InChI=1S/C8H15N5/c1-2-7(4-9-3-1)10-5-8-11-6-12-13-8/h6-7,9-10H,1-5H2,(H,11,12,13). The van der Waals surface area contributed by atoms with Crippen molar-refractivity contribution < 1.29 is 0 Å². The fourth-order valence-electron chi connectivity index (χ4n) is 1.58. The molecule has 2 heterocycles. The summed E-state index contributed by atoms with van der Waals surface area (Å²) in [6.07, 6.45) is 4.05. The predicted molar refractivity (Wildman–Crippen MR) is 49.1 cm³/mol. The molecule has 1 fully saturated rings. The fourth-order valence-corrected chi connectivity index (χ4v) is 1.58. The van der Waals surface area contributed by atoms with Crippen molar-refractivity contribution in [1.82, 2.24) is 25.8 Å². The van der Waals surface area contributed by atoms with Gasteiger partial charge < -0.3 is 10.6 Å². The zero-order valence-corrected chi connectivity index (χ0v) is 7.58. The van der Waals surface area contributed by atoms with Crippen molar-refractivity contribution in [3.8, 4) is 0 Å². The monoisotopic (exact) mass is 181 g/mol. The number of hydrogen-bond donors (Lipinski definition) is 3. The maximum atomic E-state index is 4.05. The third kappa shape index (κ3) is 2.50. The minimum Gasteiger partial charge on any atom is -0.315 e. The number of hydrogen-bond acceptors (Lipinski definition) is 4. The Bertz CT molecular complexity index is 227. The van der Waals surface area contributed by atoms with Crippen molar-refractivity contribution in [3.63, 3.8) is 0 Å². The maximum Gasteiger partial charge on any atom is 0.138 e. The average Bonchev–Trinajstić information content (AvgIpc) is 2.69. The lowest BCUT2D eigenvalue weighted by atomic mass is 10.1. The van der Waals surface area contributed by atoms with Crippen LogP contribution in [-0.2, 0) is 6.54 Å². The van der Waals surface area contributed by atoms with Crippen LogP contribution in [0.15, 0.2) is 6.33 Å². The Morgan fingerprint density at radius 2 is 2.62 bits per heavy atom. The van der Waals surface area contributed by atoms with Gasteiger partial charge in [0, 0.05) is 12.6 Å². The molecule has 5 nitrogen and oxygen atoms in total. The van der Waals surface area contributed by atoms with Gasteiger partial charge in [0.2, 0.25) is 0 Å². The van der Waals surface area contributed by atoms with Crippen molar-refractivity contribution in [1.29, 1.82) is 0 Å². The first kappa shape index (κ1) is 8.65. The molecule has 1 unspecified atom stereocenters. The number of nitrogens with one attached hydrogen (secondary N) is 3. The molecular formula is C8H15N5. The van der Waals surface area contributed by atoms with Gasteiger partial charge in [0.15, 0.2) is 0 Å². The third-order valence-corrected chi connectivity index (χ3v) is 2.32. The molecule has 0 aromatic carbocycles. The molecule has 0 radical (unpaired) electrons. The minimum atomic E-state index is 0.582. The van der Waals surface area contributed by atoms with Crippen molar-refractivity contribution in [2.24, 2.45) is 0 Å². The second kappa shape index (κ2) is 4.34. The molecule has 1 aliphatic rings. The molecule has 0 aliphatic carbocycles. The van der Waals surface area contributed by atoms with Gasteiger partial charge in [-0.05, 0) is 19.4 Å². The lowest BCUT2D eigenvalue weighted by molar-refractivity contribution is 0.386. The molecule has 1 saturated heterocycles. The summed E-state index contributed by atoms with van der Waals surface area (Å²) in [5, 5.41) is 13.4. The summed E-state index contributed by atoms with van der Waals surface area (Å²) >= 11 is 0. The highest BCUT2D eigenvalue weighted by Gasteiger charge is 2.11. The number of nitrogens with zero attached hydrogens (tertiary/aromatic N) is 2. The van der Waals surface area contributed by atoms with E-state index in [1.54, 1.807) is 0 Å². The highest BCUT2D eigenvalue weighted by molar-refractivity contribution is 4.82. The fraction of sp³-hybridized carbons (Fsp3) is 0.750. The summed E-state index contributed by atoms with van der Waals surface area (Å²) in [4.78, 5) is 4.05. The Kier molecular flexibility index (Phi) is 2.89. The first-order chi connectivity index (χ1) is 6.45. The maximum absolute atomic E-state index is 4.05. The average molecular weight is 181 g/mol. The van der Waals surface area contributed by atoms with Gasteiger partial charge in [-0.15, -0.1) is 0 Å². The predicted octanol–water partition coefficient (Wildman–Crippen LogP) is -0.354. The zero-order valence-electron chi connectivity index (χ0n) is 7.58. The van der Waals surface area contributed by atoms with Gasteiger partial charge in [0.05, 0.1) is 6.54 Å². The van der Waals surface area contributed by atoms with Gasteiger partial charge in [-0.3, -0.25) is 5.10 Å². The SMILES string of the molecule is c1n[nH]c(CNC2CCCNC2)n1. The number of piperidine rings is 1. The van der Waals surface area contributed by atoms with E-state index in [2.05, 4.69) is 25.8 Å². The molecule has 5 heteroatoms. The highest BCUT2D eigenvalue weighted by Crippen LogP contribution is 2.01. The van der Waals surface area contributed by atoms with Crippen LogP contribution in [0.1, 0.15) is 18.7 Å². The van der Waals surface area contributed by atoms with Gasteiger partial charge in [0.1, 0.15) is 12.2 Å². The smallest absolute Gasteiger partial charge is 0.138 e. The summed E-state index contributed by atoms with van der Waals surface area (Å²) in [6.45, 7) is 3.00. The lowest BCUT2D eigenvalue weighted by Crippen LogP contribution is -2.42.